The Morgan fingerprint density at radius 1 is 1.36 bits per heavy atom. The van der Waals surface area contributed by atoms with E-state index >= 15 is 0 Å². The van der Waals surface area contributed by atoms with E-state index in [1.165, 1.54) is 0 Å². The molecule has 3 aliphatic rings. The maximum Gasteiger partial charge on any atom is 0.252 e. The van der Waals surface area contributed by atoms with Crippen LogP contribution < -0.4 is 10.6 Å². The minimum absolute atomic E-state index is 0.0436. The summed E-state index contributed by atoms with van der Waals surface area (Å²) in [6.07, 6.45) is 2.60. The Balaban J connectivity index is 1.51. The van der Waals surface area contributed by atoms with Gasteiger partial charge in [0, 0.05) is 54.7 Å². The van der Waals surface area contributed by atoms with Gasteiger partial charge in [-0.15, -0.1) is 0 Å². The molecule has 2 N–H and O–H groups in total. The number of amides is 1. The minimum Gasteiger partial charge on any atom is -0.348 e. The van der Waals surface area contributed by atoms with Crippen molar-refractivity contribution < 1.29 is 13.6 Å². The molecule has 2 aliphatic carbocycles. The number of carbonyl (C=O) groups excluding carboxylic acids is 1. The Bertz CT molecular complexity index is 628. The van der Waals surface area contributed by atoms with Crippen molar-refractivity contribution in [1.29, 1.82) is 0 Å². The summed E-state index contributed by atoms with van der Waals surface area (Å²) in [6.45, 7) is 1.01. The number of carbonyl (C=O) groups is 1. The van der Waals surface area contributed by atoms with Gasteiger partial charge >= 0.3 is 0 Å². The fraction of sp³-hybridized carbons (Fsp3) is 0.625. The zero-order valence-corrected chi connectivity index (χ0v) is 12.3. The standard InChI is InChI=1S/C16H19F2N3O/c17-16(18)4-3-10(6-16)19-7-11-5-12-13(8-20-15(12)22)14(21-11)9-1-2-9/h5,9-10,19H,1-4,6-8H2,(H,20,22). The van der Waals surface area contributed by atoms with Gasteiger partial charge in [0.25, 0.3) is 5.91 Å². The third-order valence-corrected chi connectivity index (χ3v) is 4.82. The Hall–Kier alpha value is -1.56. The molecule has 4 nitrogen and oxygen atoms in total. The van der Waals surface area contributed by atoms with E-state index in [0.29, 0.717) is 31.0 Å². The average Bonchev–Trinajstić information content (AvgIpc) is 3.18. The first-order valence-corrected chi connectivity index (χ1v) is 7.94. The lowest BCUT2D eigenvalue weighted by Crippen LogP contribution is -2.28. The van der Waals surface area contributed by atoms with Gasteiger partial charge in [0.1, 0.15) is 0 Å². The molecule has 0 saturated heterocycles. The van der Waals surface area contributed by atoms with Gasteiger partial charge < -0.3 is 10.6 Å². The van der Waals surface area contributed by atoms with Crippen LogP contribution in [0, 0.1) is 0 Å². The Morgan fingerprint density at radius 3 is 2.86 bits per heavy atom. The SMILES string of the molecule is O=C1NCc2c1cc(CNC1CCC(F)(F)C1)nc2C1CC1. The molecule has 0 radical (unpaired) electrons. The van der Waals surface area contributed by atoms with Crippen LogP contribution in [0.2, 0.25) is 0 Å². The molecule has 0 spiro atoms. The molecule has 6 heteroatoms. The van der Waals surface area contributed by atoms with E-state index in [4.69, 9.17) is 4.98 Å². The van der Waals surface area contributed by atoms with E-state index in [-0.39, 0.29) is 24.8 Å². The highest BCUT2D eigenvalue weighted by Crippen LogP contribution is 2.42. The van der Waals surface area contributed by atoms with Gasteiger partial charge in [-0.1, -0.05) is 0 Å². The molecule has 1 aromatic heterocycles. The van der Waals surface area contributed by atoms with Crippen molar-refractivity contribution in [1.82, 2.24) is 15.6 Å². The topological polar surface area (TPSA) is 54.0 Å². The number of hydrogen-bond donors (Lipinski definition) is 2. The van der Waals surface area contributed by atoms with Crippen LogP contribution in [0.3, 0.4) is 0 Å². The van der Waals surface area contributed by atoms with Gasteiger partial charge in [-0.2, -0.15) is 0 Å². The van der Waals surface area contributed by atoms with Crippen molar-refractivity contribution in [3.05, 3.63) is 28.6 Å². The predicted octanol–water partition coefficient (Wildman–Crippen LogP) is 2.48. The fourth-order valence-electron chi connectivity index (χ4n) is 3.46. The van der Waals surface area contributed by atoms with Crippen molar-refractivity contribution in [3.8, 4) is 0 Å². The second-order valence-electron chi connectivity index (χ2n) is 6.66. The predicted molar refractivity (Wildman–Crippen MR) is 76.8 cm³/mol. The van der Waals surface area contributed by atoms with Gasteiger partial charge in [0.05, 0.1) is 5.69 Å². The highest BCUT2D eigenvalue weighted by atomic mass is 19.3. The molecule has 4 rings (SSSR count). The van der Waals surface area contributed by atoms with E-state index in [9.17, 15) is 13.6 Å². The van der Waals surface area contributed by atoms with E-state index in [1.807, 2.05) is 6.07 Å². The van der Waals surface area contributed by atoms with E-state index in [2.05, 4.69) is 10.6 Å². The molecular weight excluding hydrogens is 288 g/mol. The first kappa shape index (κ1) is 14.1. The maximum atomic E-state index is 13.2. The number of alkyl halides is 2. The Morgan fingerprint density at radius 2 is 2.18 bits per heavy atom. The van der Waals surface area contributed by atoms with Gasteiger partial charge in [-0.3, -0.25) is 9.78 Å². The summed E-state index contributed by atoms with van der Waals surface area (Å²) in [5.74, 6) is -2.12. The van der Waals surface area contributed by atoms with E-state index in [1.54, 1.807) is 0 Å². The van der Waals surface area contributed by atoms with Gasteiger partial charge in [-0.25, -0.2) is 8.78 Å². The van der Waals surface area contributed by atoms with Crippen molar-refractivity contribution in [2.75, 3.05) is 0 Å². The second kappa shape index (κ2) is 4.98. The van der Waals surface area contributed by atoms with Gasteiger partial charge in [0.2, 0.25) is 5.92 Å². The number of aromatic nitrogens is 1. The second-order valence-corrected chi connectivity index (χ2v) is 6.66. The summed E-state index contributed by atoms with van der Waals surface area (Å²) in [5.41, 5.74) is 3.56. The van der Waals surface area contributed by atoms with Gasteiger partial charge in [0.15, 0.2) is 0 Å². The lowest BCUT2D eigenvalue weighted by molar-refractivity contribution is 0.00686. The number of nitrogens with zero attached hydrogens (tertiary/aromatic N) is 1. The molecule has 0 aromatic carbocycles. The summed E-state index contributed by atoms with van der Waals surface area (Å²) in [7, 11) is 0. The Labute approximate surface area is 127 Å². The number of pyridine rings is 1. The monoisotopic (exact) mass is 307 g/mol. The molecule has 1 amide bonds. The summed E-state index contributed by atoms with van der Waals surface area (Å²) in [6, 6.07) is 1.65. The van der Waals surface area contributed by atoms with Crippen LogP contribution in [-0.4, -0.2) is 22.9 Å². The number of nitrogens with one attached hydrogen (secondary N) is 2. The quantitative estimate of drug-likeness (QED) is 0.898. The highest BCUT2D eigenvalue weighted by Gasteiger charge is 2.39. The van der Waals surface area contributed by atoms with Crippen molar-refractivity contribution >= 4 is 5.91 Å². The zero-order chi connectivity index (χ0) is 15.3. The maximum absolute atomic E-state index is 13.2. The smallest absolute Gasteiger partial charge is 0.252 e. The first-order valence-electron chi connectivity index (χ1n) is 7.94. The first-order chi connectivity index (χ1) is 10.5. The molecule has 1 unspecified atom stereocenters. The lowest BCUT2D eigenvalue weighted by Gasteiger charge is -2.14. The van der Waals surface area contributed by atoms with Crippen LogP contribution in [0.15, 0.2) is 6.07 Å². The average molecular weight is 307 g/mol. The summed E-state index contributed by atoms with van der Waals surface area (Å²) in [5, 5.41) is 6.02. The third kappa shape index (κ3) is 2.60. The summed E-state index contributed by atoms with van der Waals surface area (Å²) >= 11 is 0. The number of rotatable bonds is 4. The number of hydrogen-bond acceptors (Lipinski definition) is 3. The molecule has 1 atom stereocenters. The molecule has 1 aliphatic heterocycles. The van der Waals surface area contributed by atoms with E-state index in [0.717, 1.165) is 29.8 Å². The largest absolute Gasteiger partial charge is 0.348 e. The van der Waals surface area contributed by atoms with Crippen LogP contribution in [-0.2, 0) is 13.1 Å². The molecule has 0 bridgehead atoms. The summed E-state index contributed by atoms with van der Waals surface area (Å²) in [4.78, 5) is 16.6. The highest BCUT2D eigenvalue weighted by molar-refractivity contribution is 5.98. The van der Waals surface area contributed by atoms with Crippen molar-refractivity contribution in [2.24, 2.45) is 0 Å². The molecule has 2 fully saturated rings. The summed E-state index contributed by atoms with van der Waals surface area (Å²) < 4.78 is 26.4. The Kier molecular flexibility index (Phi) is 3.18. The number of halogens is 2. The van der Waals surface area contributed by atoms with Crippen molar-refractivity contribution in [2.45, 2.75) is 63.1 Å². The minimum atomic E-state index is -2.54. The molecule has 118 valence electrons. The third-order valence-electron chi connectivity index (χ3n) is 4.82. The van der Waals surface area contributed by atoms with Crippen LogP contribution >= 0.6 is 0 Å². The van der Waals surface area contributed by atoms with Crippen LogP contribution in [0.5, 0.6) is 0 Å². The molecule has 2 saturated carbocycles. The molecule has 1 aromatic rings. The molecular formula is C16H19F2N3O. The number of fused-ring (bicyclic) bond motifs is 1. The lowest BCUT2D eigenvalue weighted by atomic mass is 10.0. The van der Waals surface area contributed by atoms with Gasteiger partial charge in [-0.05, 0) is 25.3 Å². The van der Waals surface area contributed by atoms with E-state index < -0.39 is 5.92 Å². The normalized spacial score (nSPS) is 26.1. The molecule has 22 heavy (non-hydrogen) atoms. The molecule has 2 heterocycles. The van der Waals surface area contributed by atoms with Crippen LogP contribution in [0.1, 0.15) is 65.3 Å². The van der Waals surface area contributed by atoms with Crippen LogP contribution in [0.4, 0.5) is 8.78 Å². The zero-order valence-electron chi connectivity index (χ0n) is 12.3. The fourth-order valence-corrected chi connectivity index (χ4v) is 3.46. The van der Waals surface area contributed by atoms with Crippen LogP contribution in [0.25, 0.3) is 0 Å². The van der Waals surface area contributed by atoms with Crippen molar-refractivity contribution in [3.63, 3.8) is 0 Å².